The molecule has 0 saturated carbocycles. The van der Waals surface area contributed by atoms with Gasteiger partial charge in [0.25, 0.3) is 11.6 Å². The smallest absolute Gasteiger partial charge is 0.283 e. The van der Waals surface area contributed by atoms with Crippen molar-refractivity contribution in [3.8, 4) is 0 Å². The van der Waals surface area contributed by atoms with Gasteiger partial charge in [-0.1, -0.05) is 0 Å². The van der Waals surface area contributed by atoms with E-state index in [0.29, 0.717) is 22.8 Å². The molecule has 0 unspecified atom stereocenters. The number of aryl methyl sites for hydroxylation is 1. The molecule has 0 aromatic carbocycles. The summed E-state index contributed by atoms with van der Waals surface area (Å²) in [6.07, 6.45) is 0. The largest absolute Gasteiger partial charge is 0.350 e. The number of nitrogens with zero attached hydrogens (tertiary/aromatic N) is 1. The normalized spacial score (nSPS) is 10.1. The maximum atomic E-state index is 11.6. The molecule has 6 nitrogen and oxygen atoms in total. The first-order chi connectivity index (χ1) is 7.56. The van der Waals surface area contributed by atoms with Gasteiger partial charge < -0.3 is 10.6 Å². The predicted octanol–water partition coefficient (Wildman–Crippen LogP) is 0.914. The van der Waals surface area contributed by atoms with E-state index in [-0.39, 0.29) is 11.6 Å². The van der Waals surface area contributed by atoms with E-state index < -0.39 is 4.92 Å². The zero-order chi connectivity index (χ0) is 12.1. The number of carbonyl (C=O) groups is 1. The molecule has 0 bridgehead atoms. The Bertz CT molecular complexity index is 403. The first-order valence-corrected chi connectivity index (χ1v) is 5.55. The average molecular weight is 243 g/mol. The molecule has 1 aromatic rings. The lowest BCUT2D eigenvalue weighted by molar-refractivity contribution is -0.385. The van der Waals surface area contributed by atoms with E-state index in [9.17, 15) is 14.9 Å². The van der Waals surface area contributed by atoms with Crippen LogP contribution in [0.15, 0.2) is 6.07 Å². The fourth-order valence-corrected chi connectivity index (χ4v) is 2.06. The molecule has 0 saturated heterocycles. The van der Waals surface area contributed by atoms with Crippen LogP contribution in [0.2, 0.25) is 0 Å². The Kier molecular flexibility index (Phi) is 4.39. The third-order valence-electron chi connectivity index (χ3n) is 1.97. The number of rotatable bonds is 5. The van der Waals surface area contributed by atoms with E-state index >= 15 is 0 Å². The monoisotopic (exact) mass is 243 g/mol. The predicted molar refractivity (Wildman–Crippen MR) is 62.0 cm³/mol. The highest BCUT2D eigenvalue weighted by molar-refractivity contribution is 7.14. The Balaban J connectivity index is 2.69. The van der Waals surface area contributed by atoms with Crippen molar-refractivity contribution >= 4 is 22.9 Å². The molecule has 0 aliphatic heterocycles. The van der Waals surface area contributed by atoms with Crippen molar-refractivity contribution < 1.29 is 9.72 Å². The standard InChI is InChI=1S/C9H13N3O3S/c1-6-7(12(14)15)5-8(16-6)9(13)11-4-3-10-2/h5,10H,3-4H2,1-2H3,(H,11,13). The number of likely N-dealkylation sites (N-methyl/N-ethyl adjacent to an activating group) is 1. The lowest BCUT2D eigenvalue weighted by Crippen LogP contribution is -2.29. The van der Waals surface area contributed by atoms with Crippen molar-refractivity contribution in [1.29, 1.82) is 0 Å². The highest BCUT2D eigenvalue weighted by Crippen LogP contribution is 2.27. The van der Waals surface area contributed by atoms with Crippen LogP contribution in [0.4, 0.5) is 5.69 Å². The molecule has 0 atom stereocenters. The fraction of sp³-hybridized carbons (Fsp3) is 0.444. The van der Waals surface area contributed by atoms with E-state index in [1.54, 1.807) is 14.0 Å². The van der Waals surface area contributed by atoms with Crippen molar-refractivity contribution in [2.45, 2.75) is 6.92 Å². The zero-order valence-electron chi connectivity index (χ0n) is 9.07. The van der Waals surface area contributed by atoms with Gasteiger partial charge in [-0.2, -0.15) is 0 Å². The highest BCUT2D eigenvalue weighted by Gasteiger charge is 2.18. The molecule has 0 spiro atoms. The van der Waals surface area contributed by atoms with Crippen molar-refractivity contribution in [3.05, 3.63) is 25.9 Å². The van der Waals surface area contributed by atoms with Crippen LogP contribution in [0.3, 0.4) is 0 Å². The summed E-state index contributed by atoms with van der Waals surface area (Å²) < 4.78 is 0. The quantitative estimate of drug-likeness (QED) is 0.457. The fourth-order valence-electron chi connectivity index (χ4n) is 1.15. The first-order valence-electron chi connectivity index (χ1n) is 4.74. The number of carbonyl (C=O) groups excluding carboxylic acids is 1. The first kappa shape index (κ1) is 12.6. The molecular formula is C9H13N3O3S. The summed E-state index contributed by atoms with van der Waals surface area (Å²) in [6.45, 7) is 2.80. The third kappa shape index (κ3) is 3.01. The average Bonchev–Trinajstić information content (AvgIpc) is 2.60. The van der Waals surface area contributed by atoms with Crippen LogP contribution in [0.1, 0.15) is 14.5 Å². The molecule has 88 valence electrons. The molecule has 1 heterocycles. The molecule has 1 aromatic heterocycles. The second-order valence-electron chi connectivity index (χ2n) is 3.17. The highest BCUT2D eigenvalue weighted by atomic mass is 32.1. The topological polar surface area (TPSA) is 84.3 Å². The van der Waals surface area contributed by atoms with Gasteiger partial charge in [0.1, 0.15) is 0 Å². The van der Waals surface area contributed by atoms with Gasteiger partial charge in [0.2, 0.25) is 0 Å². The minimum Gasteiger partial charge on any atom is -0.350 e. The molecule has 0 aliphatic carbocycles. The summed E-state index contributed by atoms with van der Waals surface area (Å²) >= 11 is 1.13. The summed E-state index contributed by atoms with van der Waals surface area (Å²) in [5.41, 5.74) is 0.00349. The van der Waals surface area contributed by atoms with Gasteiger partial charge in [-0.3, -0.25) is 14.9 Å². The Morgan fingerprint density at radius 2 is 2.25 bits per heavy atom. The summed E-state index contributed by atoms with van der Waals surface area (Å²) in [5, 5.41) is 16.1. The number of amides is 1. The van der Waals surface area contributed by atoms with E-state index in [0.717, 1.165) is 11.3 Å². The van der Waals surface area contributed by atoms with Crippen LogP contribution in [-0.4, -0.2) is 31.0 Å². The van der Waals surface area contributed by atoms with Crippen LogP contribution < -0.4 is 10.6 Å². The Hall–Kier alpha value is -1.47. The summed E-state index contributed by atoms with van der Waals surface area (Å²) in [5.74, 6) is -0.267. The number of nitro groups is 1. The van der Waals surface area contributed by atoms with Crippen LogP contribution in [0.25, 0.3) is 0 Å². The SMILES string of the molecule is CNCCNC(=O)c1cc([N+](=O)[O-])c(C)s1. The van der Waals surface area contributed by atoms with Crippen molar-refractivity contribution in [1.82, 2.24) is 10.6 Å². The summed E-state index contributed by atoms with van der Waals surface area (Å²) in [7, 11) is 1.78. The maximum Gasteiger partial charge on any atom is 0.283 e. The van der Waals surface area contributed by atoms with Gasteiger partial charge in [0.15, 0.2) is 0 Å². The molecule has 0 fully saturated rings. The van der Waals surface area contributed by atoms with E-state index in [4.69, 9.17) is 0 Å². The molecule has 1 rings (SSSR count). The minimum absolute atomic E-state index is 0.00349. The Morgan fingerprint density at radius 1 is 1.56 bits per heavy atom. The van der Waals surface area contributed by atoms with Crippen LogP contribution in [0.5, 0.6) is 0 Å². The number of hydrogen-bond donors (Lipinski definition) is 2. The number of nitrogens with one attached hydrogen (secondary N) is 2. The van der Waals surface area contributed by atoms with Gasteiger partial charge >= 0.3 is 0 Å². The molecular weight excluding hydrogens is 230 g/mol. The van der Waals surface area contributed by atoms with Gasteiger partial charge in [-0.25, -0.2) is 0 Å². The van der Waals surface area contributed by atoms with Crippen LogP contribution >= 0.6 is 11.3 Å². The molecule has 1 amide bonds. The summed E-state index contributed by atoms with van der Waals surface area (Å²) in [6, 6.07) is 1.31. The Morgan fingerprint density at radius 3 is 2.75 bits per heavy atom. The van der Waals surface area contributed by atoms with Crippen molar-refractivity contribution in [2.24, 2.45) is 0 Å². The molecule has 0 aliphatic rings. The second-order valence-corrected chi connectivity index (χ2v) is 4.42. The van der Waals surface area contributed by atoms with Gasteiger partial charge in [0, 0.05) is 19.2 Å². The number of thiophene rings is 1. The van der Waals surface area contributed by atoms with Gasteiger partial charge in [-0.15, -0.1) is 11.3 Å². The third-order valence-corrected chi connectivity index (χ3v) is 3.01. The van der Waals surface area contributed by atoms with Crippen LogP contribution in [-0.2, 0) is 0 Å². The molecule has 7 heteroatoms. The lowest BCUT2D eigenvalue weighted by atomic mass is 10.3. The Labute approximate surface area is 96.8 Å². The maximum absolute atomic E-state index is 11.6. The van der Waals surface area contributed by atoms with Gasteiger partial charge in [-0.05, 0) is 14.0 Å². The van der Waals surface area contributed by atoms with Gasteiger partial charge in [0.05, 0.1) is 14.7 Å². The minimum atomic E-state index is -0.476. The molecule has 2 N–H and O–H groups in total. The molecule has 16 heavy (non-hydrogen) atoms. The number of hydrogen-bond acceptors (Lipinski definition) is 5. The lowest BCUT2D eigenvalue weighted by Gasteiger charge is -2.01. The van der Waals surface area contributed by atoms with E-state index in [1.807, 2.05) is 0 Å². The van der Waals surface area contributed by atoms with E-state index in [2.05, 4.69) is 10.6 Å². The van der Waals surface area contributed by atoms with E-state index in [1.165, 1.54) is 6.07 Å². The van der Waals surface area contributed by atoms with Crippen molar-refractivity contribution in [3.63, 3.8) is 0 Å². The van der Waals surface area contributed by atoms with Crippen molar-refractivity contribution in [2.75, 3.05) is 20.1 Å². The molecule has 0 radical (unpaired) electrons. The zero-order valence-corrected chi connectivity index (χ0v) is 9.89. The second kappa shape index (κ2) is 5.57. The summed E-state index contributed by atoms with van der Waals surface area (Å²) in [4.78, 5) is 22.6. The van der Waals surface area contributed by atoms with Crippen LogP contribution in [0, 0.1) is 17.0 Å².